The number of fused-ring (bicyclic) bond motifs is 4. The smallest absolute Gasteiger partial charge is 0.121 e. The van der Waals surface area contributed by atoms with Gasteiger partial charge >= 0.3 is 0 Å². The van der Waals surface area contributed by atoms with Crippen molar-refractivity contribution in [3.63, 3.8) is 0 Å². The second kappa shape index (κ2) is 17.9. The fourth-order valence-corrected chi connectivity index (χ4v) is 7.92. The van der Waals surface area contributed by atoms with E-state index in [0.717, 1.165) is 62.2 Å². The third kappa shape index (κ3) is 8.16. The molecule has 6 heteroatoms. The normalized spacial score (nSPS) is 13.1. The molecule has 10 rings (SSSR count). The number of hydrogen-bond acceptors (Lipinski definition) is 3. The molecular weight excluding hydrogens is 942 g/mol. The summed E-state index contributed by atoms with van der Waals surface area (Å²) < 4.78 is 66.5. The topological polar surface area (TPSA) is 43.9 Å². The summed E-state index contributed by atoms with van der Waals surface area (Å²) in [6, 6.07) is 56.0. The van der Waals surface area contributed by atoms with Crippen LogP contribution in [0.25, 0.3) is 83.6 Å². The molecule has 0 aliphatic carbocycles. The Morgan fingerprint density at radius 3 is 2.00 bits per heavy atom. The molecule has 7 aromatic carbocycles. The average Bonchev–Trinajstić information content (AvgIpc) is 3.90. The van der Waals surface area contributed by atoms with E-state index in [9.17, 15) is 4.39 Å². The Labute approximate surface area is 384 Å². The summed E-state index contributed by atoms with van der Waals surface area (Å²) in [5.74, 6) is 0.930. The van der Waals surface area contributed by atoms with E-state index >= 15 is 0 Å². The first-order valence-corrected chi connectivity index (χ1v) is 20.4. The molecular formula is C56H46FIrN3O-2. The van der Waals surface area contributed by atoms with E-state index in [1.807, 2.05) is 12.1 Å². The monoisotopic (exact) mass is 994 g/mol. The number of pyridine rings is 1. The number of aryl methyl sites for hydroxylation is 2. The molecule has 3 heterocycles. The Hall–Kier alpha value is -6.46. The predicted molar refractivity (Wildman–Crippen MR) is 250 cm³/mol. The Bertz CT molecular complexity index is 3370. The van der Waals surface area contributed by atoms with Gasteiger partial charge in [0.25, 0.3) is 0 Å². The number of hydrogen-bond donors (Lipinski definition) is 0. The Morgan fingerprint density at radius 1 is 0.661 bits per heavy atom. The quantitative estimate of drug-likeness (QED) is 0.149. The number of aromatic nitrogens is 3. The molecule has 0 N–H and O–H groups in total. The van der Waals surface area contributed by atoms with Gasteiger partial charge in [-0.1, -0.05) is 135 Å². The maximum Gasteiger partial charge on any atom is 0.121 e. The van der Waals surface area contributed by atoms with Crippen LogP contribution in [0.2, 0.25) is 0 Å². The van der Waals surface area contributed by atoms with E-state index in [1.54, 1.807) is 0 Å². The number of imidazole rings is 1. The molecule has 10 aromatic rings. The van der Waals surface area contributed by atoms with Crippen LogP contribution in [0.3, 0.4) is 0 Å². The van der Waals surface area contributed by atoms with E-state index in [1.165, 1.54) is 51.7 Å². The predicted octanol–water partition coefficient (Wildman–Crippen LogP) is 15.3. The zero-order valence-corrected chi connectivity index (χ0v) is 37.0. The summed E-state index contributed by atoms with van der Waals surface area (Å²) in [6.07, 6.45) is 1.03. The van der Waals surface area contributed by atoms with Crippen LogP contribution in [0.1, 0.15) is 70.0 Å². The van der Waals surface area contributed by atoms with Gasteiger partial charge in [0.2, 0.25) is 0 Å². The van der Waals surface area contributed by atoms with E-state index in [2.05, 4.69) is 165 Å². The molecule has 0 saturated carbocycles. The number of para-hydroxylation sites is 2. The van der Waals surface area contributed by atoms with E-state index < -0.39 is 19.5 Å². The van der Waals surface area contributed by atoms with Crippen LogP contribution < -0.4 is 0 Å². The maximum atomic E-state index is 12.9. The van der Waals surface area contributed by atoms with Gasteiger partial charge in [0.1, 0.15) is 5.58 Å². The van der Waals surface area contributed by atoms with Crippen molar-refractivity contribution in [1.82, 2.24) is 14.5 Å². The standard InChI is InChI=1S/C43H35N2O.C13H11FN.Ir/c1-27(2)36-24-32(30-16-9-6-10-17-30)25-37(28(3)4)41(36)45-39-21-12-11-20-38(39)44-43(45)35-19-13-18-34-33-23-22-31(26-40(33)46-42(34)35)29-14-7-5-8-15-29;1-9-7-13(15-8-10(9)2)11-3-5-12(14)6-4-11;/h5-18,20-28H,1-4H3;3,5-8H,1-2H3;/q2*-1;/i;1D3,2D3;. The second-order valence-electron chi connectivity index (χ2n) is 15.7. The molecule has 62 heavy (non-hydrogen) atoms. The number of halogens is 1. The van der Waals surface area contributed by atoms with Crippen LogP contribution in [0.4, 0.5) is 4.39 Å². The molecule has 1 radical (unpaired) electrons. The minimum absolute atomic E-state index is 0. The fourth-order valence-electron chi connectivity index (χ4n) is 7.92. The van der Waals surface area contributed by atoms with E-state index in [4.69, 9.17) is 17.6 Å². The van der Waals surface area contributed by atoms with Crippen molar-refractivity contribution in [2.45, 2.75) is 53.2 Å². The van der Waals surface area contributed by atoms with Gasteiger partial charge in [0, 0.05) is 51.4 Å². The van der Waals surface area contributed by atoms with Crippen LogP contribution in [-0.4, -0.2) is 14.5 Å². The Balaban J connectivity index is 0.000000240. The SMILES string of the molecule is CC(C)c1cc(-c2ccccc2)cc(C(C)C)c1-n1c(-c2[c-]ccc3c2oc2cc(-c4ccccc4)ccc23)nc2ccccc21.[2H]C([2H])([2H])c1cnc(-c2[c-]cc(F)cc2)cc1C([2H])([2H])[2H].[Ir]. The Kier molecular flexibility index (Phi) is 10.1. The summed E-state index contributed by atoms with van der Waals surface area (Å²) >= 11 is 0. The molecule has 0 unspecified atom stereocenters. The number of furan rings is 1. The molecule has 0 spiro atoms. The molecule has 4 nitrogen and oxygen atoms in total. The van der Waals surface area contributed by atoms with Crippen molar-refractivity contribution >= 4 is 33.0 Å². The molecule has 3 aromatic heterocycles. The molecule has 0 amide bonds. The summed E-state index contributed by atoms with van der Waals surface area (Å²) in [5.41, 5.74) is 13.1. The molecule has 0 aliphatic heterocycles. The van der Waals surface area contributed by atoms with Gasteiger partial charge in [-0.2, -0.15) is 0 Å². The van der Waals surface area contributed by atoms with Gasteiger partial charge in [-0.3, -0.25) is 9.37 Å². The first-order chi connectivity index (χ1) is 32.1. The minimum atomic E-state index is -2.58. The second-order valence-corrected chi connectivity index (χ2v) is 15.7. The third-order valence-electron chi connectivity index (χ3n) is 11.0. The van der Waals surface area contributed by atoms with E-state index in [0.29, 0.717) is 5.56 Å². The maximum absolute atomic E-state index is 12.9. The largest absolute Gasteiger partial charge is 0.501 e. The fraction of sp³-hybridized carbons (Fsp3) is 0.143. The van der Waals surface area contributed by atoms with Crippen molar-refractivity contribution in [3.05, 3.63) is 198 Å². The van der Waals surface area contributed by atoms with Gasteiger partial charge in [-0.05, 0) is 101 Å². The minimum Gasteiger partial charge on any atom is -0.501 e. The molecule has 0 saturated heterocycles. The molecule has 0 atom stereocenters. The number of rotatable bonds is 7. The van der Waals surface area contributed by atoms with Crippen molar-refractivity contribution in [1.29, 1.82) is 0 Å². The van der Waals surface area contributed by atoms with Gasteiger partial charge in [-0.15, -0.1) is 48.0 Å². The average molecular weight is 994 g/mol. The first-order valence-electron chi connectivity index (χ1n) is 23.4. The summed E-state index contributed by atoms with van der Waals surface area (Å²) in [7, 11) is 0. The van der Waals surface area contributed by atoms with E-state index in [-0.39, 0.29) is 48.8 Å². The first kappa shape index (κ1) is 35.2. The summed E-state index contributed by atoms with van der Waals surface area (Å²) in [6.45, 7) is 3.99. The third-order valence-corrected chi connectivity index (χ3v) is 11.0. The van der Waals surface area contributed by atoms with Gasteiger partial charge in [0.05, 0.1) is 22.4 Å². The molecule has 0 aliphatic rings. The van der Waals surface area contributed by atoms with Crippen LogP contribution in [-0.2, 0) is 20.1 Å². The zero-order valence-electron chi connectivity index (χ0n) is 40.6. The summed E-state index contributed by atoms with van der Waals surface area (Å²) in [5, 5.41) is 2.15. The molecule has 0 bridgehead atoms. The number of benzene rings is 7. The zero-order chi connectivity index (χ0) is 47.2. The molecule has 0 fully saturated rings. The van der Waals surface area contributed by atoms with Crippen molar-refractivity contribution in [2.24, 2.45) is 0 Å². The van der Waals surface area contributed by atoms with Gasteiger partial charge in [-0.25, -0.2) is 0 Å². The summed E-state index contributed by atoms with van der Waals surface area (Å²) in [4.78, 5) is 9.25. The number of nitrogens with zero attached hydrogens (tertiary/aromatic N) is 3. The Morgan fingerprint density at radius 2 is 1.34 bits per heavy atom. The van der Waals surface area contributed by atoms with Crippen LogP contribution in [0.5, 0.6) is 0 Å². The van der Waals surface area contributed by atoms with Gasteiger partial charge < -0.3 is 14.0 Å². The van der Waals surface area contributed by atoms with Crippen LogP contribution in [0, 0.1) is 31.7 Å². The van der Waals surface area contributed by atoms with Crippen molar-refractivity contribution < 1.29 is 37.1 Å². The van der Waals surface area contributed by atoms with Crippen molar-refractivity contribution in [2.75, 3.05) is 0 Å². The van der Waals surface area contributed by atoms with Crippen molar-refractivity contribution in [3.8, 4) is 50.6 Å². The van der Waals surface area contributed by atoms with Crippen LogP contribution in [0.15, 0.2) is 162 Å². The van der Waals surface area contributed by atoms with Crippen LogP contribution >= 0.6 is 0 Å². The van der Waals surface area contributed by atoms with Gasteiger partial charge in [0.15, 0.2) is 0 Å². The molecule has 309 valence electrons.